The Morgan fingerprint density at radius 2 is 2.00 bits per heavy atom. The van der Waals surface area contributed by atoms with Gasteiger partial charge in [-0.2, -0.15) is 0 Å². The van der Waals surface area contributed by atoms with Crippen molar-refractivity contribution in [1.29, 1.82) is 0 Å². The predicted octanol–water partition coefficient (Wildman–Crippen LogP) is 3.99. The second-order valence-corrected chi connectivity index (χ2v) is 5.54. The van der Waals surface area contributed by atoms with Crippen LogP contribution in [0.5, 0.6) is 0 Å². The van der Waals surface area contributed by atoms with Crippen LogP contribution in [0.25, 0.3) is 0 Å². The van der Waals surface area contributed by atoms with Gasteiger partial charge in [-0.1, -0.05) is 12.1 Å². The minimum Gasteiger partial charge on any atom is -0.322 e. The predicted molar refractivity (Wildman–Crippen MR) is 76.7 cm³/mol. The van der Waals surface area contributed by atoms with Crippen LogP contribution in [-0.2, 0) is 6.42 Å². The number of rotatable bonds is 3. The summed E-state index contributed by atoms with van der Waals surface area (Å²) in [6, 6.07) is 8.38. The van der Waals surface area contributed by atoms with Crippen LogP contribution in [0.15, 0.2) is 45.5 Å². The van der Waals surface area contributed by atoms with E-state index in [2.05, 4.69) is 36.8 Å². The molecular formula is C13H11Br2FN2. The van der Waals surface area contributed by atoms with Gasteiger partial charge in [-0.3, -0.25) is 4.98 Å². The largest absolute Gasteiger partial charge is 0.322 e. The van der Waals surface area contributed by atoms with E-state index in [1.165, 1.54) is 6.07 Å². The Morgan fingerprint density at radius 3 is 2.72 bits per heavy atom. The summed E-state index contributed by atoms with van der Waals surface area (Å²) in [5, 5.41) is 0. The van der Waals surface area contributed by atoms with Crippen molar-refractivity contribution in [3.63, 3.8) is 0 Å². The fourth-order valence-electron chi connectivity index (χ4n) is 1.71. The molecule has 0 amide bonds. The molecular weight excluding hydrogens is 363 g/mol. The number of pyridine rings is 1. The lowest BCUT2D eigenvalue weighted by Crippen LogP contribution is -2.16. The van der Waals surface area contributed by atoms with Gasteiger partial charge in [0.15, 0.2) is 0 Å². The van der Waals surface area contributed by atoms with E-state index in [-0.39, 0.29) is 11.9 Å². The summed E-state index contributed by atoms with van der Waals surface area (Å²) in [6.07, 6.45) is 2.22. The van der Waals surface area contributed by atoms with E-state index in [1.807, 2.05) is 18.2 Å². The maximum atomic E-state index is 13.4. The molecule has 0 radical (unpaired) electrons. The molecule has 18 heavy (non-hydrogen) atoms. The second kappa shape index (κ2) is 5.91. The third kappa shape index (κ3) is 2.96. The van der Waals surface area contributed by atoms with Crippen LogP contribution >= 0.6 is 31.9 Å². The van der Waals surface area contributed by atoms with Crippen molar-refractivity contribution in [1.82, 2.24) is 4.98 Å². The number of hydrogen-bond acceptors (Lipinski definition) is 2. The van der Waals surface area contributed by atoms with E-state index in [1.54, 1.807) is 12.3 Å². The summed E-state index contributed by atoms with van der Waals surface area (Å²) in [5.41, 5.74) is 7.72. The van der Waals surface area contributed by atoms with Gasteiger partial charge in [0, 0.05) is 10.7 Å². The SMILES string of the molecule is NC(Cc1cccc(F)c1Br)c1ncccc1Br. The lowest BCUT2D eigenvalue weighted by Gasteiger charge is -2.14. The quantitative estimate of drug-likeness (QED) is 0.883. The van der Waals surface area contributed by atoms with Gasteiger partial charge in [-0.15, -0.1) is 0 Å². The van der Waals surface area contributed by atoms with Crippen LogP contribution in [0.2, 0.25) is 0 Å². The highest BCUT2D eigenvalue weighted by molar-refractivity contribution is 9.10. The summed E-state index contributed by atoms with van der Waals surface area (Å²) >= 11 is 6.65. The first kappa shape index (κ1) is 13.6. The van der Waals surface area contributed by atoms with Gasteiger partial charge in [0.25, 0.3) is 0 Å². The second-order valence-electron chi connectivity index (χ2n) is 3.89. The summed E-state index contributed by atoms with van der Waals surface area (Å²) in [7, 11) is 0. The zero-order valence-corrected chi connectivity index (χ0v) is 12.6. The molecule has 0 bridgehead atoms. The molecule has 2 rings (SSSR count). The molecule has 1 heterocycles. The van der Waals surface area contributed by atoms with E-state index in [9.17, 15) is 4.39 Å². The van der Waals surface area contributed by atoms with Crippen molar-refractivity contribution in [3.05, 3.63) is 62.5 Å². The van der Waals surface area contributed by atoms with Crippen LogP contribution in [0, 0.1) is 5.82 Å². The summed E-state index contributed by atoms with van der Waals surface area (Å²) in [6.45, 7) is 0. The minimum absolute atomic E-state index is 0.278. The molecule has 2 nitrogen and oxygen atoms in total. The number of aromatic nitrogens is 1. The highest BCUT2D eigenvalue weighted by atomic mass is 79.9. The standard InChI is InChI=1S/C13H11Br2FN2/c14-9-4-2-6-18-13(9)11(17)7-8-3-1-5-10(16)12(8)15/h1-6,11H,7,17H2. The van der Waals surface area contributed by atoms with Crippen LogP contribution in [-0.4, -0.2) is 4.98 Å². The van der Waals surface area contributed by atoms with Crippen LogP contribution < -0.4 is 5.73 Å². The van der Waals surface area contributed by atoms with E-state index in [0.717, 1.165) is 15.7 Å². The molecule has 2 aromatic rings. The molecule has 1 unspecified atom stereocenters. The first-order valence-electron chi connectivity index (χ1n) is 5.38. The number of hydrogen-bond donors (Lipinski definition) is 1. The van der Waals surface area contributed by atoms with Crippen molar-refractivity contribution >= 4 is 31.9 Å². The van der Waals surface area contributed by atoms with Gasteiger partial charge < -0.3 is 5.73 Å². The molecule has 0 saturated carbocycles. The minimum atomic E-state index is -0.279. The molecule has 0 fully saturated rings. The first-order chi connectivity index (χ1) is 8.59. The van der Waals surface area contributed by atoms with Gasteiger partial charge in [-0.05, 0) is 62.0 Å². The highest BCUT2D eigenvalue weighted by Gasteiger charge is 2.14. The van der Waals surface area contributed by atoms with Crippen molar-refractivity contribution in [2.24, 2.45) is 5.73 Å². The molecule has 2 N–H and O–H groups in total. The molecule has 5 heteroatoms. The Bertz CT molecular complexity index is 560. The summed E-state index contributed by atoms with van der Waals surface area (Å²) in [5.74, 6) is -0.278. The van der Waals surface area contributed by atoms with Gasteiger partial charge >= 0.3 is 0 Å². The lowest BCUT2D eigenvalue weighted by molar-refractivity contribution is 0.612. The lowest BCUT2D eigenvalue weighted by atomic mass is 10.0. The molecule has 0 saturated heterocycles. The molecule has 1 aromatic heterocycles. The van der Waals surface area contributed by atoms with Crippen molar-refractivity contribution in [2.75, 3.05) is 0 Å². The molecule has 0 aliphatic carbocycles. The van der Waals surface area contributed by atoms with E-state index in [4.69, 9.17) is 5.73 Å². The highest BCUT2D eigenvalue weighted by Crippen LogP contribution is 2.26. The number of benzene rings is 1. The van der Waals surface area contributed by atoms with Gasteiger partial charge in [0.2, 0.25) is 0 Å². The monoisotopic (exact) mass is 372 g/mol. The molecule has 94 valence electrons. The van der Waals surface area contributed by atoms with Gasteiger partial charge in [0.1, 0.15) is 5.82 Å². The summed E-state index contributed by atoms with van der Waals surface area (Å²) < 4.78 is 14.7. The van der Waals surface area contributed by atoms with Crippen molar-refractivity contribution in [3.8, 4) is 0 Å². The van der Waals surface area contributed by atoms with Crippen molar-refractivity contribution < 1.29 is 4.39 Å². The Labute approximate surface area is 122 Å². The van der Waals surface area contributed by atoms with Gasteiger partial charge in [0.05, 0.1) is 16.2 Å². The maximum Gasteiger partial charge on any atom is 0.137 e. The number of nitrogens with zero attached hydrogens (tertiary/aromatic N) is 1. The molecule has 1 aromatic carbocycles. The molecule has 0 spiro atoms. The molecule has 0 aliphatic heterocycles. The van der Waals surface area contributed by atoms with Gasteiger partial charge in [-0.25, -0.2) is 4.39 Å². The number of halogens is 3. The zero-order valence-electron chi connectivity index (χ0n) is 9.41. The Kier molecular flexibility index (Phi) is 4.48. The maximum absolute atomic E-state index is 13.4. The van der Waals surface area contributed by atoms with E-state index < -0.39 is 0 Å². The fraction of sp³-hybridized carbons (Fsp3) is 0.154. The van der Waals surface area contributed by atoms with E-state index in [0.29, 0.717) is 10.9 Å². The fourth-order valence-corrected chi connectivity index (χ4v) is 2.69. The normalized spacial score (nSPS) is 12.4. The Morgan fingerprint density at radius 1 is 1.22 bits per heavy atom. The Hall–Kier alpha value is -0.780. The molecule has 1 atom stereocenters. The summed E-state index contributed by atoms with van der Waals surface area (Å²) in [4.78, 5) is 4.25. The zero-order chi connectivity index (χ0) is 13.1. The topological polar surface area (TPSA) is 38.9 Å². The third-order valence-corrected chi connectivity index (χ3v) is 4.17. The van der Waals surface area contributed by atoms with Crippen LogP contribution in [0.4, 0.5) is 4.39 Å². The smallest absolute Gasteiger partial charge is 0.137 e. The average molecular weight is 374 g/mol. The van der Waals surface area contributed by atoms with Crippen LogP contribution in [0.1, 0.15) is 17.3 Å². The third-order valence-electron chi connectivity index (χ3n) is 2.61. The van der Waals surface area contributed by atoms with Crippen molar-refractivity contribution in [2.45, 2.75) is 12.5 Å². The van der Waals surface area contributed by atoms with Crippen LogP contribution in [0.3, 0.4) is 0 Å². The molecule has 0 aliphatic rings. The average Bonchev–Trinajstić information content (AvgIpc) is 2.35. The van der Waals surface area contributed by atoms with E-state index >= 15 is 0 Å². The first-order valence-corrected chi connectivity index (χ1v) is 6.97. The Balaban J connectivity index is 2.24. The number of nitrogens with two attached hydrogens (primary N) is 1.